The number of carbonyl (C=O) groups is 1. The Hall–Kier alpha value is -2.60. The summed E-state index contributed by atoms with van der Waals surface area (Å²) < 4.78 is 84.7. The summed E-state index contributed by atoms with van der Waals surface area (Å²) in [6.07, 6.45) is -4.62. The molecule has 0 aliphatic carbocycles. The molecular weight excluding hydrogens is 478 g/mol. The van der Waals surface area contributed by atoms with Gasteiger partial charge in [0, 0.05) is 24.3 Å². The third-order valence-electron chi connectivity index (χ3n) is 6.80. The average Bonchev–Trinajstić information content (AvgIpc) is 3.38. The van der Waals surface area contributed by atoms with Gasteiger partial charge >= 0.3 is 12.4 Å². The van der Waals surface area contributed by atoms with E-state index in [1.165, 1.54) is 0 Å². The lowest BCUT2D eigenvalue weighted by Gasteiger charge is -2.39. The first kappa shape index (κ1) is 25.5. The quantitative estimate of drug-likeness (QED) is 0.494. The largest absolute Gasteiger partial charge is 0.416 e. The van der Waals surface area contributed by atoms with Gasteiger partial charge in [-0.3, -0.25) is 9.89 Å². The number of H-pyrrole nitrogens is 1. The fraction of sp³-hybridized carbons (Fsp3) is 0.565. The summed E-state index contributed by atoms with van der Waals surface area (Å²) in [7, 11) is 0. The number of hydrogen-bond acceptors (Lipinski definition) is 4. The summed E-state index contributed by atoms with van der Waals surface area (Å²) >= 11 is 0. The Morgan fingerprint density at radius 2 is 1.80 bits per heavy atom. The van der Waals surface area contributed by atoms with Crippen LogP contribution in [0.1, 0.15) is 48.4 Å². The molecular formula is C23H26F6N4O2. The topological polar surface area (TPSA) is 79.0 Å². The van der Waals surface area contributed by atoms with Crippen LogP contribution in [0.4, 0.5) is 26.3 Å². The molecule has 2 fully saturated rings. The number of nitrogens with zero attached hydrogens (tertiary/aromatic N) is 1. The van der Waals surface area contributed by atoms with Crippen LogP contribution in [0.25, 0.3) is 0 Å². The highest BCUT2D eigenvalue weighted by Gasteiger charge is 2.52. The number of rotatable bonds is 7. The smallest absolute Gasteiger partial charge is 0.372 e. The molecule has 4 unspecified atom stereocenters. The number of aromatic amines is 1. The molecule has 2 aliphatic heterocycles. The summed E-state index contributed by atoms with van der Waals surface area (Å²) in [5.41, 5.74) is -2.59. The van der Waals surface area contributed by atoms with Gasteiger partial charge in [0.1, 0.15) is 0 Å². The van der Waals surface area contributed by atoms with Crippen molar-refractivity contribution in [3.05, 3.63) is 52.8 Å². The van der Waals surface area contributed by atoms with Crippen LogP contribution >= 0.6 is 0 Å². The number of hydrogen-bond donors (Lipinski definition) is 3. The molecule has 2 aliphatic rings. The van der Waals surface area contributed by atoms with E-state index in [-0.39, 0.29) is 29.5 Å². The van der Waals surface area contributed by atoms with E-state index >= 15 is 0 Å². The summed E-state index contributed by atoms with van der Waals surface area (Å²) in [6.45, 7) is 1.92. The minimum Gasteiger partial charge on any atom is -0.372 e. The van der Waals surface area contributed by atoms with Gasteiger partial charge in [-0.25, -0.2) is 0 Å². The van der Waals surface area contributed by atoms with Crippen molar-refractivity contribution in [3.8, 4) is 0 Å². The van der Waals surface area contributed by atoms with Crippen LogP contribution in [0, 0.1) is 5.92 Å². The van der Waals surface area contributed by atoms with Crippen molar-refractivity contribution in [2.24, 2.45) is 5.92 Å². The Labute approximate surface area is 197 Å². The molecule has 0 saturated carbocycles. The number of fused-ring (bicyclic) bond motifs is 2. The maximum atomic E-state index is 13.1. The Bertz CT molecular complexity index is 1010. The van der Waals surface area contributed by atoms with Crippen LogP contribution in [0.5, 0.6) is 0 Å². The summed E-state index contributed by atoms with van der Waals surface area (Å²) in [5, 5.41) is 12.9. The van der Waals surface area contributed by atoms with Crippen molar-refractivity contribution >= 4 is 5.91 Å². The van der Waals surface area contributed by atoms with Gasteiger partial charge in [-0.05, 0) is 61.9 Å². The average molecular weight is 504 g/mol. The fourth-order valence-electron chi connectivity index (χ4n) is 5.05. The van der Waals surface area contributed by atoms with E-state index in [0.717, 1.165) is 5.56 Å². The van der Waals surface area contributed by atoms with Gasteiger partial charge in [0.2, 0.25) is 5.91 Å². The Balaban J connectivity index is 1.39. The second-order valence-corrected chi connectivity index (χ2v) is 9.42. The van der Waals surface area contributed by atoms with Crippen molar-refractivity contribution in [1.29, 1.82) is 0 Å². The van der Waals surface area contributed by atoms with E-state index in [1.54, 1.807) is 12.4 Å². The van der Waals surface area contributed by atoms with E-state index in [0.29, 0.717) is 44.4 Å². The molecule has 3 N–H and O–H groups in total. The Morgan fingerprint density at radius 3 is 2.40 bits per heavy atom. The minimum absolute atomic E-state index is 0.0702. The minimum atomic E-state index is -4.91. The third kappa shape index (κ3) is 5.80. The molecule has 1 aromatic heterocycles. The first-order valence-corrected chi connectivity index (χ1v) is 11.3. The van der Waals surface area contributed by atoms with E-state index in [4.69, 9.17) is 4.74 Å². The predicted octanol–water partition coefficient (Wildman–Crippen LogP) is 4.22. The van der Waals surface area contributed by atoms with Crippen molar-refractivity contribution in [2.45, 2.75) is 69.3 Å². The number of aromatic nitrogens is 2. The number of alkyl halides is 6. The number of benzene rings is 1. The lowest BCUT2D eigenvalue weighted by molar-refractivity contribution is -0.143. The molecule has 192 valence electrons. The highest BCUT2D eigenvalue weighted by Crippen LogP contribution is 2.42. The zero-order chi connectivity index (χ0) is 25.4. The molecule has 4 rings (SSSR count). The predicted molar refractivity (Wildman–Crippen MR) is 113 cm³/mol. The molecule has 4 atom stereocenters. The van der Waals surface area contributed by atoms with Crippen molar-refractivity contribution in [1.82, 2.24) is 20.8 Å². The molecule has 0 spiro atoms. The maximum Gasteiger partial charge on any atom is 0.416 e. The van der Waals surface area contributed by atoms with Gasteiger partial charge in [0.15, 0.2) is 0 Å². The van der Waals surface area contributed by atoms with Crippen LogP contribution < -0.4 is 10.6 Å². The van der Waals surface area contributed by atoms with Crippen molar-refractivity contribution in [2.75, 3.05) is 6.54 Å². The standard InChI is InChI=1S/C23H26F6N4O2/c1-21-9-17(20(34)30-5-4-13-10-31-32-11-13)18(33-21)2-3-19(21)35-12-14-6-15(22(24,25)26)8-16(7-14)23(27,28)29/h6-8,10-11,17-19,33H,2-5,9,12H2,1H3,(H,30,34)(H,31,32). The number of carbonyl (C=O) groups excluding carboxylic acids is 1. The maximum absolute atomic E-state index is 13.1. The Morgan fingerprint density at radius 1 is 1.11 bits per heavy atom. The van der Waals surface area contributed by atoms with Crippen LogP contribution in [0.15, 0.2) is 30.6 Å². The van der Waals surface area contributed by atoms with Crippen LogP contribution in [-0.4, -0.2) is 40.3 Å². The second kappa shape index (κ2) is 9.45. The molecule has 35 heavy (non-hydrogen) atoms. The molecule has 0 radical (unpaired) electrons. The van der Waals surface area contributed by atoms with Gasteiger partial charge < -0.3 is 15.4 Å². The SMILES string of the molecule is CC12CC(C(=O)NCCc3cn[nH]c3)C(CCC1OCc1cc(C(F)(F)F)cc(C(F)(F)F)c1)N2. The highest BCUT2D eigenvalue weighted by atomic mass is 19.4. The van der Waals surface area contributed by atoms with E-state index in [9.17, 15) is 31.1 Å². The normalized spacial score (nSPS) is 26.7. The van der Waals surface area contributed by atoms with E-state index < -0.39 is 41.7 Å². The van der Waals surface area contributed by atoms with Gasteiger partial charge in [-0.2, -0.15) is 31.4 Å². The number of ether oxygens (including phenoxy) is 1. The lowest BCUT2D eigenvalue weighted by atomic mass is 9.88. The second-order valence-electron chi connectivity index (χ2n) is 9.42. The fourth-order valence-corrected chi connectivity index (χ4v) is 5.05. The first-order chi connectivity index (χ1) is 16.3. The zero-order valence-electron chi connectivity index (χ0n) is 18.9. The molecule has 1 amide bonds. The monoisotopic (exact) mass is 504 g/mol. The number of piperidine rings is 1. The zero-order valence-corrected chi connectivity index (χ0v) is 18.9. The summed E-state index contributed by atoms with van der Waals surface area (Å²) in [6, 6.07) is 1.40. The number of nitrogens with one attached hydrogen (secondary N) is 3. The van der Waals surface area contributed by atoms with E-state index in [1.807, 2.05) is 6.92 Å². The lowest BCUT2D eigenvalue weighted by Crippen LogP contribution is -2.55. The van der Waals surface area contributed by atoms with Crippen LogP contribution in [0.2, 0.25) is 0 Å². The van der Waals surface area contributed by atoms with Gasteiger partial charge in [-0.1, -0.05) is 0 Å². The molecule has 3 heterocycles. The van der Waals surface area contributed by atoms with E-state index in [2.05, 4.69) is 20.8 Å². The van der Waals surface area contributed by atoms with Crippen LogP contribution in [-0.2, 0) is 34.9 Å². The first-order valence-electron chi connectivity index (χ1n) is 11.3. The molecule has 6 nitrogen and oxygen atoms in total. The third-order valence-corrected chi connectivity index (χ3v) is 6.80. The molecule has 2 saturated heterocycles. The molecule has 2 aromatic rings. The highest BCUT2D eigenvalue weighted by molar-refractivity contribution is 5.80. The van der Waals surface area contributed by atoms with Crippen LogP contribution in [0.3, 0.4) is 0 Å². The number of halogens is 6. The van der Waals surface area contributed by atoms with Gasteiger partial charge in [0.05, 0.1) is 36.0 Å². The Kier molecular flexibility index (Phi) is 6.89. The summed E-state index contributed by atoms with van der Waals surface area (Å²) in [4.78, 5) is 12.8. The van der Waals surface area contributed by atoms with Crippen molar-refractivity contribution < 1.29 is 35.9 Å². The molecule has 12 heteroatoms. The van der Waals surface area contributed by atoms with Crippen molar-refractivity contribution in [3.63, 3.8) is 0 Å². The summed E-state index contributed by atoms with van der Waals surface area (Å²) in [5.74, 6) is -0.397. The number of amides is 1. The molecule has 1 aromatic carbocycles. The molecule has 2 bridgehead atoms. The van der Waals surface area contributed by atoms with Gasteiger partial charge in [-0.15, -0.1) is 0 Å². The van der Waals surface area contributed by atoms with Gasteiger partial charge in [0.25, 0.3) is 0 Å².